The highest BCUT2D eigenvalue weighted by molar-refractivity contribution is 5.94. The van der Waals surface area contributed by atoms with E-state index in [1.54, 1.807) is 0 Å². The van der Waals surface area contributed by atoms with E-state index in [1.165, 1.54) is 0 Å². The fourth-order valence-electron chi connectivity index (χ4n) is 0.908. The summed E-state index contributed by atoms with van der Waals surface area (Å²) in [4.78, 5) is 22.9. The maximum absolute atomic E-state index is 11.9. The van der Waals surface area contributed by atoms with Crippen LogP contribution in [0.5, 0.6) is 0 Å². The van der Waals surface area contributed by atoms with Crippen LogP contribution in [-0.2, 0) is 14.3 Å². The third-order valence-corrected chi connectivity index (χ3v) is 1.65. The second-order valence-corrected chi connectivity index (χ2v) is 3.03. The Morgan fingerprint density at radius 3 is 2.39 bits per heavy atom. The zero-order valence-corrected chi connectivity index (χ0v) is 9.29. The maximum Gasteiger partial charge on any atom is 0.491 e. The van der Waals surface area contributed by atoms with Gasteiger partial charge >= 0.3 is 12.1 Å². The van der Waals surface area contributed by atoms with E-state index in [1.807, 2.05) is 0 Å². The molecule has 18 heavy (non-hydrogen) atoms. The Morgan fingerprint density at radius 2 is 2.00 bits per heavy atom. The first-order chi connectivity index (χ1) is 8.23. The molecule has 2 N–H and O–H groups in total. The Kier molecular flexibility index (Phi) is 5.92. The highest BCUT2D eigenvalue weighted by Crippen LogP contribution is 2.18. The lowest BCUT2D eigenvalue weighted by molar-refractivity contribution is -0.196. The second-order valence-electron chi connectivity index (χ2n) is 3.03. The van der Waals surface area contributed by atoms with Gasteiger partial charge in [0.15, 0.2) is 5.76 Å². The van der Waals surface area contributed by atoms with Crippen LogP contribution in [0, 0.1) is 12.3 Å². The Hall–Kier alpha value is -2.01. The number of nitrogens with two attached hydrogens (primary N) is 1. The van der Waals surface area contributed by atoms with Crippen LogP contribution in [0.25, 0.3) is 0 Å². The van der Waals surface area contributed by atoms with E-state index in [9.17, 15) is 22.8 Å². The molecule has 100 valence electrons. The average Bonchev–Trinajstić information content (AvgIpc) is 2.26. The topological polar surface area (TPSA) is 72.6 Å². The molecule has 0 heterocycles. The van der Waals surface area contributed by atoms with Crippen LogP contribution in [0.4, 0.5) is 13.2 Å². The molecule has 0 aromatic rings. The lowest BCUT2D eigenvalue weighted by Gasteiger charge is -2.20. The molecule has 0 saturated carbocycles. The quantitative estimate of drug-likeness (QED) is 0.329. The van der Waals surface area contributed by atoms with Gasteiger partial charge in [0.05, 0.1) is 6.54 Å². The molecule has 0 fully saturated rings. The molecule has 0 aliphatic heterocycles. The molecule has 0 radical (unpaired) electrons. The number of hydrogen-bond acceptors (Lipinski definition) is 4. The number of rotatable bonds is 5. The summed E-state index contributed by atoms with van der Waals surface area (Å²) in [6.45, 7) is 2.82. The van der Waals surface area contributed by atoms with Crippen molar-refractivity contribution in [3.63, 3.8) is 0 Å². The standard InChI is InChI=1S/C10H11F3N2O3/c1-3-5-15(6-4-14)8(16)7(2)18-9(17)10(11,12)13/h1H,2,4-6,14H2. The van der Waals surface area contributed by atoms with Crippen molar-refractivity contribution in [2.24, 2.45) is 5.73 Å². The minimum Gasteiger partial charge on any atom is -0.415 e. The number of amides is 1. The van der Waals surface area contributed by atoms with Crippen LogP contribution in [0.2, 0.25) is 0 Å². The van der Waals surface area contributed by atoms with Crippen LogP contribution in [0.1, 0.15) is 0 Å². The minimum atomic E-state index is -5.20. The van der Waals surface area contributed by atoms with Crippen LogP contribution < -0.4 is 5.73 Å². The molecular weight excluding hydrogens is 253 g/mol. The van der Waals surface area contributed by atoms with Gasteiger partial charge < -0.3 is 15.4 Å². The Labute approximate surface area is 101 Å². The number of halogens is 3. The van der Waals surface area contributed by atoms with E-state index < -0.39 is 23.8 Å². The van der Waals surface area contributed by atoms with Gasteiger partial charge in [0, 0.05) is 13.1 Å². The molecule has 0 bridgehead atoms. The molecule has 8 heteroatoms. The maximum atomic E-state index is 11.9. The van der Waals surface area contributed by atoms with Gasteiger partial charge in [0.1, 0.15) is 0 Å². The summed E-state index contributed by atoms with van der Waals surface area (Å²) in [6, 6.07) is 0. The van der Waals surface area contributed by atoms with E-state index in [4.69, 9.17) is 12.2 Å². The average molecular weight is 264 g/mol. The van der Waals surface area contributed by atoms with Gasteiger partial charge in [-0.05, 0) is 0 Å². The Bertz CT molecular complexity index is 385. The Balaban J connectivity index is 4.64. The van der Waals surface area contributed by atoms with Crippen LogP contribution in [-0.4, -0.2) is 42.6 Å². The summed E-state index contributed by atoms with van der Waals surface area (Å²) in [5.41, 5.74) is 5.19. The van der Waals surface area contributed by atoms with Gasteiger partial charge in [-0.25, -0.2) is 4.79 Å². The van der Waals surface area contributed by atoms with Gasteiger partial charge in [0.2, 0.25) is 0 Å². The van der Waals surface area contributed by atoms with Crippen molar-refractivity contribution in [2.75, 3.05) is 19.6 Å². The SMILES string of the molecule is C#CCN(CCN)C(=O)C(=C)OC(=O)C(F)(F)F. The van der Waals surface area contributed by atoms with Gasteiger partial charge in [-0.3, -0.25) is 4.79 Å². The fourth-order valence-corrected chi connectivity index (χ4v) is 0.908. The summed E-state index contributed by atoms with van der Waals surface area (Å²) in [5, 5.41) is 0. The smallest absolute Gasteiger partial charge is 0.415 e. The minimum absolute atomic E-state index is 0.00558. The van der Waals surface area contributed by atoms with Crippen molar-refractivity contribution >= 4 is 11.9 Å². The molecule has 0 saturated heterocycles. The molecule has 0 aliphatic rings. The van der Waals surface area contributed by atoms with E-state index in [-0.39, 0.29) is 19.6 Å². The van der Waals surface area contributed by atoms with Crippen molar-refractivity contribution in [1.29, 1.82) is 0 Å². The second kappa shape index (κ2) is 6.66. The molecule has 0 aliphatic carbocycles. The van der Waals surface area contributed by atoms with Crippen molar-refractivity contribution < 1.29 is 27.5 Å². The summed E-state index contributed by atoms with van der Waals surface area (Å²) < 4.78 is 39.4. The van der Waals surface area contributed by atoms with E-state index in [0.29, 0.717) is 0 Å². The molecule has 1 amide bonds. The van der Waals surface area contributed by atoms with Crippen molar-refractivity contribution in [3.05, 3.63) is 12.3 Å². The molecule has 0 unspecified atom stereocenters. The highest BCUT2D eigenvalue weighted by Gasteiger charge is 2.42. The van der Waals surface area contributed by atoms with E-state index in [0.717, 1.165) is 4.90 Å². The van der Waals surface area contributed by atoms with Crippen molar-refractivity contribution in [2.45, 2.75) is 6.18 Å². The van der Waals surface area contributed by atoms with Gasteiger partial charge in [0.25, 0.3) is 5.91 Å². The fraction of sp³-hybridized carbons (Fsp3) is 0.400. The number of alkyl halides is 3. The predicted octanol–water partition coefficient (Wildman–Crippen LogP) is 0.0261. The highest BCUT2D eigenvalue weighted by atomic mass is 19.4. The number of ether oxygens (including phenoxy) is 1. The molecule has 0 aromatic heterocycles. The third kappa shape index (κ3) is 4.88. The van der Waals surface area contributed by atoms with Crippen LogP contribution in [0.15, 0.2) is 12.3 Å². The first-order valence-corrected chi connectivity index (χ1v) is 4.64. The number of esters is 1. The lowest BCUT2D eigenvalue weighted by atomic mass is 10.4. The van der Waals surface area contributed by atoms with Crippen LogP contribution >= 0.6 is 0 Å². The number of carbonyl (C=O) groups is 2. The number of nitrogens with zero attached hydrogens (tertiary/aromatic N) is 1. The van der Waals surface area contributed by atoms with Gasteiger partial charge in [-0.2, -0.15) is 13.2 Å². The van der Waals surface area contributed by atoms with Crippen molar-refractivity contribution in [1.82, 2.24) is 4.90 Å². The third-order valence-electron chi connectivity index (χ3n) is 1.65. The van der Waals surface area contributed by atoms with E-state index >= 15 is 0 Å². The zero-order valence-electron chi connectivity index (χ0n) is 9.29. The monoisotopic (exact) mass is 264 g/mol. The van der Waals surface area contributed by atoms with Crippen molar-refractivity contribution in [3.8, 4) is 12.3 Å². The summed E-state index contributed by atoms with van der Waals surface area (Å²) in [5.74, 6) is -2.38. The number of terminal acetylenes is 1. The molecule has 0 spiro atoms. The number of carbonyl (C=O) groups excluding carboxylic acids is 2. The van der Waals surface area contributed by atoms with Gasteiger partial charge in [-0.1, -0.05) is 12.5 Å². The molecule has 0 atom stereocenters. The summed E-state index contributed by atoms with van der Waals surface area (Å²) >= 11 is 0. The molecule has 0 rings (SSSR count). The first kappa shape index (κ1) is 16.0. The lowest BCUT2D eigenvalue weighted by Crippen LogP contribution is -2.38. The largest absolute Gasteiger partial charge is 0.491 e. The summed E-state index contributed by atoms with van der Waals surface area (Å²) in [6.07, 6.45) is -0.234. The van der Waals surface area contributed by atoms with Gasteiger partial charge in [-0.15, -0.1) is 6.42 Å². The normalized spacial score (nSPS) is 10.4. The van der Waals surface area contributed by atoms with Crippen LogP contribution in [0.3, 0.4) is 0 Å². The van der Waals surface area contributed by atoms with E-state index in [2.05, 4.69) is 17.2 Å². The predicted molar refractivity (Wildman–Crippen MR) is 55.8 cm³/mol. The molecule has 0 aromatic carbocycles. The Morgan fingerprint density at radius 1 is 1.44 bits per heavy atom. The number of hydrogen-bond donors (Lipinski definition) is 1. The first-order valence-electron chi connectivity index (χ1n) is 4.64. The summed E-state index contributed by atoms with van der Waals surface area (Å²) in [7, 11) is 0. The molecule has 5 nitrogen and oxygen atoms in total. The zero-order chi connectivity index (χ0) is 14.3. The molecular formula is C10H11F3N2O3.